The highest BCUT2D eigenvalue weighted by molar-refractivity contribution is 7.89. The lowest BCUT2D eigenvalue weighted by Gasteiger charge is -2.26. The first kappa shape index (κ1) is 22.3. The van der Waals surface area contributed by atoms with Crippen molar-refractivity contribution in [3.63, 3.8) is 0 Å². The Kier molecular flexibility index (Phi) is 5.68. The third kappa shape index (κ3) is 4.14. The molecule has 2 saturated heterocycles. The lowest BCUT2D eigenvalue weighted by atomic mass is 9.87. The van der Waals surface area contributed by atoms with E-state index in [9.17, 15) is 22.8 Å². The number of carbonyl (C=O) groups excluding carboxylic acids is 3. The van der Waals surface area contributed by atoms with Gasteiger partial charge < -0.3 is 10.6 Å². The second-order valence-corrected chi connectivity index (χ2v) is 11.6. The standard InChI is InChI=1S/C23H30N4O5S/c28-20(15-27-21(29)23(16-5-6-16,17-7-8-17)25-22(27)30)24-18-9-11-19(12-10-18)33(31,32)26-13-3-1-2-4-14-26/h9-12,16-17H,1-8,13-15H2,(H,24,28)(H,25,30). The molecule has 0 atom stereocenters. The number of hydrogen-bond donors (Lipinski definition) is 2. The Labute approximate surface area is 193 Å². The van der Waals surface area contributed by atoms with Crippen LogP contribution in [0.2, 0.25) is 0 Å². The van der Waals surface area contributed by atoms with Crippen LogP contribution < -0.4 is 10.6 Å². The van der Waals surface area contributed by atoms with Crippen molar-refractivity contribution in [2.45, 2.75) is 61.8 Å². The van der Waals surface area contributed by atoms with Gasteiger partial charge in [-0.2, -0.15) is 4.31 Å². The normalized spacial score (nSPS) is 23.8. The number of anilines is 1. The molecule has 0 bridgehead atoms. The predicted octanol–water partition coefficient (Wildman–Crippen LogP) is 2.30. The summed E-state index contributed by atoms with van der Waals surface area (Å²) in [5, 5.41) is 5.58. The number of rotatable bonds is 7. The fourth-order valence-corrected chi connectivity index (χ4v) is 6.72. The van der Waals surface area contributed by atoms with Crippen LogP contribution in [0.25, 0.3) is 0 Å². The molecular weight excluding hydrogens is 444 g/mol. The molecule has 1 aromatic carbocycles. The van der Waals surface area contributed by atoms with Crippen molar-refractivity contribution in [2.24, 2.45) is 11.8 Å². The SMILES string of the molecule is O=C(CN1C(=O)NC(C2CC2)(C2CC2)C1=O)Nc1ccc(S(=O)(=O)N2CCCCCC2)cc1. The molecule has 9 nitrogen and oxygen atoms in total. The van der Waals surface area contributed by atoms with Gasteiger partial charge in [0, 0.05) is 18.8 Å². The van der Waals surface area contributed by atoms with E-state index in [0.717, 1.165) is 56.3 Å². The number of hydrogen-bond acceptors (Lipinski definition) is 5. The van der Waals surface area contributed by atoms with Crippen LogP contribution in [-0.4, -0.2) is 60.6 Å². The zero-order valence-corrected chi connectivity index (χ0v) is 19.4. The zero-order valence-electron chi connectivity index (χ0n) is 18.6. The average molecular weight is 475 g/mol. The number of carbonyl (C=O) groups is 3. The average Bonchev–Trinajstić information content (AvgIpc) is 3.68. The van der Waals surface area contributed by atoms with Gasteiger partial charge in [-0.25, -0.2) is 13.2 Å². The molecule has 10 heteroatoms. The molecule has 2 N–H and O–H groups in total. The van der Waals surface area contributed by atoms with Crippen molar-refractivity contribution in [1.82, 2.24) is 14.5 Å². The van der Waals surface area contributed by atoms with Gasteiger partial charge in [-0.15, -0.1) is 0 Å². The molecule has 178 valence electrons. The van der Waals surface area contributed by atoms with Crippen LogP contribution in [0.4, 0.5) is 10.5 Å². The Balaban J connectivity index is 1.22. The molecule has 0 unspecified atom stereocenters. The Morgan fingerprint density at radius 2 is 1.55 bits per heavy atom. The maximum Gasteiger partial charge on any atom is 0.325 e. The van der Waals surface area contributed by atoms with Crippen LogP contribution in [0.5, 0.6) is 0 Å². The van der Waals surface area contributed by atoms with E-state index >= 15 is 0 Å². The molecule has 33 heavy (non-hydrogen) atoms. The molecule has 5 rings (SSSR count). The first-order valence-corrected chi connectivity index (χ1v) is 13.3. The highest BCUT2D eigenvalue weighted by Gasteiger charge is 2.65. The molecule has 2 saturated carbocycles. The van der Waals surface area contributed by atoms with Crippen LogP contribution in [0.1, 0.15) is 51.4 Å². The molecule has 4 aliphatic rings. The van der Waals surface area contributed by atoms with Crippen molar-refractivity contribution in [3.8, 4) is 0 Å². The summed E-state index contributed by atoms with van der Waals surface area (Å²) in [4.78, 5) is 39.4. The summed E-state index contributed by atoms with van der Waals surface area (Å²) in [6, 6.07) is 5.52. The second-order valence-electron chi connectivity index (χ2n) is 9.63. The Morgan fingerprint density at radius 1 is 0.970 bits per heavy atom. The number of urea groups is 1. The number of imide groups is 1. The molecule has 4 fully saturated rings. The van der Waals surface area contributed by atoms with Crippen LogP contribution in [0, 0.1) is 11.8 Å². The van der Waals surface area contributed by atoms with E-state index in [1.807, 2.05) is 0 Å². The van der Waals surface area contributed by atoms with Crippen molar-refractivity contribution >= 4 is 33.6 Å². The minimum absolute atomic E-state index is 0.174. The highest BCUT2D eigenvalue weighted by Crippen LogP contribution is 2.54. The number of sulfonamides is 1. The third-order valence-electron chi connectivity index (χ3n) is 7.24. The Morgan fingerprint density at radius 3 is 2.09 bits per heavy atom. The molecular formula is C23H30N4O5S. The maximum atomic E-state index is 13.1. The summed E-state index contributed by atoms with van der Waals surface area (Å²) in [5.74, 6) is -0.433. The van der Waals surface area contributed by atoms with E-state index in [1.165, 1.54) is 28.6 Å². The second kappa shape index (κ2) is 8.39. The first-order valence-electron chi connectivity index (χ1n) is 11.9. The fourth-order valence-electron chi connectivity index (χ4n) is 5.21. The van der Waals surface area contributed by atoms with Crippen molar-refractivity contribution in [2.75, 3.05) is 25.0 Å². The van der Waals surface area contributed by atoms with Gasteiger partial charge in [0.1, 0.15) is 12.1 Å². The number of nitrogens with zero attached hydrogens (tertiary/aromatic N) is 2. The number of benzene rings is 1. The third-order valence-corrected chi connectivity index (χ3v) is 9.16. The minimum atomic E-state index is -3.57. The van der Waals surface area contributed by atoms with E-state index < -0.39 is 27.5 Å². The molecule has 2 aliphatic carbocycles. The van der Waals surface area contributed by atoms with Gasteiger partial charge in [-0.3, -0.25) is 14.5 Å². The van der Waals surface area contributed by atoms with E-state index in [4.69, 9.17) is 0 Å². The molecule has 2 heterocycles. The molecule has 2 aliphatic heterocycles. The van der Waals surface area contributed by atoms with Gasteiger partial charge in [-0.05, 0) is 74.6 Å². The monoisotopic (exact) mass is 474 g/mol. The van der Waals surface area contributed by atoms with Gasteiger partial charge in [0.15, 0.2) is 0 Å². The van der Waals surface area contributed by atoms with Crippen LogP contribution in [0.15, 0.2) is 29.2 Å². The maximum absolute atomic E-state index is 13.1. The van der Waals surface area contributed by atoms with E-state index in [1.54, 1.807) is 0 Å². The number of amides is 4. The van der Waals surface area contributed by atoms with E-state index in [-0.39, 0.29) is 29.2 Å². The predicted molar refractivity (Wildman–Crippen MR) is 121 cm³/mol. The summed E-state index contributed by atoms with van der Waals surface area (Å²) in [7, 11) is -3.57. The Bertz CT molecular complexity index is 1040. The van der Waals surface area contributed by atoms with Crippen molar-refractivity contribution < 1.29 is 22.8 Å². The minimum Gasteiger partial charge on any atom is -0.325 e. The van der Waals surface area contributed by atoms with Crippen LogP contribution in [-0.2, 0) is 19.6 Å². The topological polar surface area (TPSA) is 116 Å². The van der Waals surface area contributed by atoms with Gasteiger partial charge >= 0.3 is 6.03 Å². The summed E-state index contributed by atoms with van der Waals surface area (Å²) in [6.45, 7) is 0.686. The van der Waals surface area contributed by atoms with Gasteiger partial charge in [0.05, 0.1) is 4.90 Å². The summed E-state index contributed by atoms with van der Waals surface area (Å²) in [5.41, 5.74) is -0.404. The largest absolute Gasteiger partial charge is 0.325 e. The lowest BCUT2D eigenvalue weighted by molar-refractivity contribution is -0.135. The molecule has 0 aromatic heterocycles. The molecule has 1 aromatic rings. The summed E-state index contributed by atoms with van der Waals surface area (Å²) < 4.78 is 27.3. The lowest BCUT2D eigenvalue weighted by Crippen LogP contribution is -2.51. The van der Waals surface area contributed by atoms with Gasteiger partial charge in [0.25, 0.3) is 5.91 Å². The smallest absolute Gasteiger partial charge is 0.325 e. The summed E-state index contributed by atoms with van der Waals surface area (Å²) in [6.07, 6.45) is 7.50. The fraction of sp³-hybridized carbons (Fsp3) is 0.609. The van der Waals surface area contributed by atoms with Crippen molar-refractivity contribution in [1.29, 1.82) is 0 Å². The van der Waals surface area contributed by atoms with E-state index in [2.05, 4.69) is 10.6 Å². The van der Waals surface area contributed by atoms with Gasteiger partial charge in [-0.1, -0.05) is 12.8 Å². The Hall–Kier alpha value is -2.46. The highest BCUT2D eigenvalue weighted by atomic mass is 32.2. The molecule has 0 radical (unpaired) electrons. The molecule has 4 amide bonds. The van der Waals surface area contributed by atoms with E-state index in [0.29, 0.717) is 18.8 Å². The van der Waals surface area contributed by atoms with Crippen molar-refractivity contribution in [3.05, 3.63) is 24.3 Å². The van der Waals surface area contributed by atoms with Gasteiger partial charge in [0.2, 0.25) is 15.9 Å². The number of nitrogens with one attached hydrogen (secondary N) is 2. The zero-order chi connectivity index (χ0) is 23.2. The van der Waals surface area contributed by atoms with Crippen LogP contribution >= 0.6 is 0 Å². The summed E-state index contributed by atoms with van der Waals surface area (Å²) >= 11 is 0. The molecule has 0 spiro atoms. The first-order chi connectivity index (χ1) is 15.8. The quantitative estimate of drug-likeness (QED) is 0.589. The van der Waals surface area contributed by atoms with Crippen LogP contribution in [0.3, 0.4) is 0 Å².